The third-order valence-electron chi connectivity index (χ3n) is 4.61. The van der Waals surface area contributed by atoms with Gasteiger partial charge in [-0.2, -0.15) is 0 Å². The Balaban J connectivity index is 1.50. The first-order valence-corrected chi connectivity index (χ1v) is 10.0. The topological polar surface area (TPSA) is 88.6 Å². The van der Waals surface area contributed by atoms with Crippen LogP contribution in [0, 0.1) is 10.1 Å². The smallest absolute Gasteiger partial charge is 0.269 e. The minimum Gasteiger partial charge on any atom is -0.468 e. The molecule has 1 saturated heterocycles. The van der Waals surface area contributed by atoms with E-state index in [4.69, 9.17) is 4.42 Å². The molecule has 0 saturated carbocycles. The van der Waals surface area contributed by atoms with Crippen molar-refractivity contribution in [1.82, 2.24) is 10.2 Å². The summed E-state index contributed by atoms with van der Waals surface area (Å²) < 4.78 is 5.59. The number of hydrogen-bond acceptors (Lipinski definition) is 6. The number of hydrogen-bond donors (Lipinski definition) is 1. The minimum atomic E-state index is -0.434. The number of nitro groups is 1. The molecule has 2 aromatic rings. The molecule has 0 aliphatic carbocycles. The third kappa shape index (κ3) is 5.58. The summed E-state index contributed by atoms with van der Waals surface area (Å²) in [5, 5.41) is 13.7. The van der Waals surface area contributed by atoms with Gasteiger partial charge in [0.15, 0.2) is 0 Å². The maximum absolute atomic E-state index is 12.3. The first kappa shape index (κ1) is 19.4. The van der Waals surface area contributed by atoms with E-state index in [0.717, 1.165) is 23.7 Å². The lowest BCUT2D eigenvalue weighted by molar-refractivity contribution is -0.384. The Morgan fingerprint density at radius 2 is 1.96 bits per heavy atom. The number of furan rings is 1. The fraction of sp³-hybridized carbons (Fsp3) is 0.421. The van der Waals surface area contributed by atoms with Crippen LogP contribution in [-0.4, -0.2) is 41.1 Å². The average Bonchev–Trinajstić information content (AvgIpc) is 3.22. The second-order valence-electron chi connectivity index (χ2n) is 6.47. The lowest BCUT2D eigenvalue weighted by atomic mass is 10.1. The standard InChI is InChI=1S/C19H23N3O4S/c23-19(14-27-16-8-6-15(7-9-16)22(24)25)20-13-17(18-5-4-12-26-18)21-10-2-1-3-11-21/h4-9,12,17H,1-3,10-11,13-14H2,(H,20,23). The molecule has 8 heteroatoms. The summed E-state index contributed by atoms with van der Waals surface area (Å²) in [5.41, 5.74) is 0.0478. The Bertz CT molecular complexity index is 743. The second-order valence-corrected chi connectivity index (χ2v) is 7.52. The summed E-state index contributed by atoms with van der Waals surface area (Å²) in [6, 6.07) is 10.1. The summed E-state index contributed by atoms with van der Waals surface area (Å²) in [4.78, 5) is 25.7. The van der Waals surface area contributed by atoms with Crippen LogP contribution in [0.4, 0.5) is 5.69 Å². The quantitative estimate of drug-likeness (QED) is 0.421. The maximum atomic E-state index is 12.3. The van der Waals surface area contributed by atoms with Gasteiger partial charge < -0.3 is 9.73 Å². The highest BCUT2D eigenvalue weighted by Gasteiger charge is 2.24. The van der Waals surface area contributed by atoms with Crippen molar-refractivity contribution in [3.8, 4) is 0 Å². The Morgan fingerprint density at radius 3 is 2.59 bits per heavy atom. The number of nitrogens with one attached hydrogen (secondary N) is 1. The summed E-state index contributed by atoms with van der Waals surface area (Å²) in [6.45, 7) is 2.53. The maximum Gasteiger partial charge on any atom is 0.269 e. The number of nitrogens with zero attached hydrogens (tertiary/aromatic N) is 2. The first-order chi connectivity index (χ1) is 13.1. The largest absolute Gasteiger partial charge is 0.468 e. The van der Waals surface area contributed by atoms with Gasteiger partial charge in [-0.15, -0.1) is 11.8 Å². The molecule has 0 bridgehead atoms. The van der Waals surface area contributed by atoms with Crippen LogP contribution in [0.3, 0.4) is 0 Å². The lowest BCUT2D eigenvalue weighted by Crippen LogP contribution is -2.40. The summed E-state index contributed by atoms with van der Waals surface area (Å²) >= 11 is 1.36. The van der Waals surface area contributed by atoms with Crippen LogP contribution in [0.5, 0.6) is 0 Å². The van der Waals surface area contributed by atoms with Crippen LogP contribution in [0.2, 0.25) is 0 Å². The molecule has 27 heavy (non-hydrogen) atoms. The van der Waals surface area contributed by atoms with Crippen LogP contribution in [0.25, 0.3) is 0 Å². The number of likely N-dealkylation sites (tertiary alicyclic amines) is 1. The zero-order valence-corrected chi connectivity index (χ0v) is 15.8. The van der Waals surface area contributed by atoms with Crippen molar-refractivity contribution in [1.29, 1.82) is 0 Å². The molecule has 2 heterocycles. The normalized spacial score (nSPS) is 16.0. The van der Waals surface area contributed by atoms with Crippen molar-refractivity contribution in [3.63, 3.8) is 0 Å². The van der Waals surface area contributed by atoms with Gasteiger partial charge in [0.2, 0.25) is 5.91 Å². The van der Waals surface area contributed by atoms with Crippen LogP contribution >= 0.6 is 11.8 Å². The third-order valence-corrected chi connectivity index (χ3v) is 5.63. The van der Waals surface area contributed by atoms with Crippen LogP contribution in [0.1, 0.15) is 31.1 Å². The molecule has 1 amide bonds. The Morgan fingerprint density at radius 1 is 1.22 bits per heavy atom. The van der Waals surface area contributed by atoms with Gasteiger partial charge in [0.05, 0.1) is 23.0 Å². The Labute approximate surface area is 162 Å². The summed E-state index contributed by atoms with van der Waals surface area (Å²) in [7, 11) is 0. The second kappa shape index (κ2) is 9.57. The molecule has 1 unspecified atom stereocenters. The molecular formula is C19H23N3O4S. The zero-order valence-electron chi connectivity index (χ0n) is 15.0. The fourth-order valence-corrected chi connectivity index (χ4v) is 3.92. The van der Waals surface area contributed by atoms with Crippen molar-refractivity contribution in [2.45, 2.75) is 30.2 Å². The highest BCUT2D eigenvalue weighted by Crippen LogP contribution is 2.25. The number of carbonyl (C=O) groups excluding carboxylic acids is 1. The van der Waals surface area contributed by atoms with E-state index in [1.165, 1.54) is 43.2 Å². The van der Waals surface area contributed by atoms with E-state index in [2.05, 4.69) is 10.2 Å². The van der Waals surface area contributed by atoms with Gasteiger partial charge in [-0.3, -0.25) is 19.8 Å². The SMILES string of the molecule is O=C(CSc1ccc([N+](=O)[O-])cc1)NCC(c1ccco1)N1CCCCC1. The molecule has 7 nitrogen and oxygen atoms in total. The predicted molar refractivity (Wildman–Crippen MR) is 104 cm³/mol. The number of benzene rings is 1. The number of non-ortho nitro benzene ring substituents is 1. The van der Waals surface area contributed by atoms with Crippen LogP contribution in [-0.2, 0) is 4.79 Å². The number of carbonyl (C=O) groups is 1. The number of rotatable bonds is 8. The van der Waals surface area contributed by atoms with E-state index >= 15 is 0 Å². The predicted octanol–water partition coefficient (Wildman–Crippen LogP) is 3.62. The molecular weight excluding hydrogens is 366 g/mol. The highest BCUT2D eigenvalue weighted by atomic mass is 32.2. The van der Waals surface area contributed by atoms with Crippen molar-refractivity contribution < 1.29 is 14.1 Å². The molecule has 1 aliphatic rings. The Hall–Kier alpha value is -2.32. The van der Waals surface area contributed by atoms with Crippen molar-refractivity contribution >= 4 is 23.4 Å². The molecule has 1 aromatic carbocycles. The highest BCUT2D eigenvalue weighted by molar-refractivity contribution is 8.00. The van der Waals surface area contributed by atoms with Crippen molar-refractivity contribution in [3.05, 3.63) is 58.5 Å². The van der Waals surface area contributed by atoms with Crippen molar-refractivity contribution in [2.24, 2.45) is 0 Å². The Kier molecular flexibility index (Phi) is 6.89. The van der Waals surface area contributed by atoms with Gasteiger partial charge in [0, 0.05) is 23.6 Å². The van der Waals surface area contributed by atoms with E-state index < -0.39 is 4.92 Å². The van der Waals surface area contributed by atoms with Gasteiger partial charge >= 0.3 is 0 Å². The van der Waals surface area contributed by atoms with Gasteiger partial charge in [-0.25, -0.2) is 0 Å². The fourth-order valence-electron chi connectivity index (χ4n) is 3.20. The lowest BCUT2D eigenvalue weighted by Gasteiger charge is -2.33. The number of thioether (sulfide) groups is 1. The number of amides is 1. The molecule has 1 aromatic heterocycles. The van der Waals surface area contributed by atoms with Gasteiger partial charge in [0.1, 0.15) is 5.76 Å². The summed E-state index contributed by atoms with van der Waals surface area (Å²) in [5.74, 6) is 1.08. The average molecular weight is 389 g/mol. The van der Waals surface area contributed by atoms with Crippen LogP contribution in [0.15, 0.2) is 52.0 Å². The molecule has 144 valence electrons. The first-order valence-electron chi connectivity index (χ1n) is 9.05. The number of piperidine rings is 1. The molecule has 1 N–H and O–H groups in total. The van der Waals surface area contributed by atoms with E-state index in [9.17, 15) is 14.9 Å². The zero-order chi connectivity index (χ0) is 19.1. The van der Waals surface area contributed by atoms with E-state index in [1.807, 2.05) is 12.1 Å². The van der Waals surface area contributed by atoms with E-state index in [0.29, 0.717) is 6.54 Å². The van der Waals surface area contributed by atoms with Gasteiger partial charge in [-0.1, -0.05) is 6.42 Å². The molecule has 0 spiro atoms. The molecule has 0 radical (unpaired) electrons. The summed E-state index contributed by atoms with van der Waals surface area (Å²) in [6.07, 6.45) is 5.25. The van der Waals surface area contributed by atoms with Crippen molar-refractivity contribution in [2.75, 3.05) is 25.4 Å². The van der Waals surface area contributed by atoms with E-state index in [1.54, 1.807) is 18.4 Å². The molecule has 1 aliphatic heterocycles. The minimum absolute atomic E-state index is 0.0478. The molecule has 1 fully saturated rings. The molecule has 1 atom stereocenters. The van der Waals surface area contributed by atoms with Gasteiger partial charge in [-0.05, 0) is 50.2 Å². The van der Waals surface area contributed by atoms with E-state index in [-0.39, 0.29) is 23.4 Å². The molecule has 3 rings (SSSR count). The number of nitro benzene ring substituents is 1. The van der Waals surface area contributed by atoms with Gasteiger partial charge in [0.25, 0.3) is 5.69 Å². The monoisotopic (exact) mass is 389 g/mol. The van der Waals surface area contributed by atoms with Crippen LogP contribution < -0.4 is 5.32 Å².